The smallest absolute Gasteiger partial charge is 0.408 e. The topological polar surface area (TPSA) is 129 Å². The Morgan fingerprint density at radius 3 is 2.84 bits per heavy atom. The van der Waals surface area contributed by atoms with Crippen molar-refractivity contribution in [1.29, 1.82) is 5.26 Å². The molecular weight excluding hydrogens is 491 g/mol. The predicted octanol–water partition coefficient (Wildman–Crippen LogP) is 3.79. The van der Waals surface area contributed by atoms with Crippen LogP contribution in [0.5, 0.6) is 5.75 Å². The maximum absolute atomic E-state index is 14.2. The Morgan fingerprint density at radius 2 is 2.08 bits per heavy atom. The molecule has 0 aliphatic carbocycles. The van der Waals surface area contributed by atoms with E-state index in [0.29, 0.717) is 22.6 Å². The van der Waals surface area contributed by atoms with E-state index in [1.807, 2.05) is 12.1 Å². The van der Waals surface area contributed by atoms with Crippen molar-refractivity contribution < 1.29 is 27.8 Å². The Morgan fingerprint density at radius 1 is 1.24 bits per heavy atom. The summed E-state index contributed by atoms with van der Waals surface area (Å²) >= 11 is 0. The molecular formula is C24H20F3N7O3. The second-order valence-corrected chi connectivity index (χ2v) is 8.56. The molecule has 1 saturated heterocycles. The van der Waals surface area contributed by atoms with Gasteiger partial charge in [-0.15, -0.1) is 10.2 Å². The zero-order valence-corrected chi connectivity index (χ0v) is 19.2. The molecule has 1 unspecified atom stereocenters. The minimum absolute atomic E-state index is 0.0316. The number of nitrogens with one attached hydrogen (secondary N) is 1. The molecule has 0 radical (unpaired) electrons. The van der Waals surface area contributed by atoms with Gasteiger partial charge in [0.2, 0.25) is 0 Å². The van der Waals surface area contributed by atoms with Crippen LogP contribution in [0.2, 0.25) is 0 Å². The molecule has 4 aromatic rings. The van der Waals surface area contributed by atoms with E-state index >= 15 is 0 Å². The summed E-state index contributed by atoms with van der Waals surface area (Å²) in [5.74, 6) is 0.632. The zero-order valence-electron chi connectivity index (χ0n) is 19.2. The number of nitriles is 1. The standard InChI is InChI=1S/C24H20F3N7O3/c25-24(26,27)21(33-10-8-16(13-33)29-23(35)36)15-5-7-19-31-32-22(34(19)12-15)17-6-4-14-2-1-3-18(20(14)30-17)37-11-9-28/h1-7,12,16,21,29H,8,10-11,13H2,(H,35,36)/t16?,21-/m1/s1. The number of nitrogens with zero attached hydrogens (tertiary/aromatic N) is 6. The number of pyridine rings is 2. The summed E-state index contributed by atoms with van der Waals surface area (Å²) in [7, 11) is 0. The molecule has 37 heavy (non-hydrogen) atoms. The van der Waals surface area contributed by atoms with Crippen LogP contribution in [0.4, 0.5) is 18.0 Å². The zero-order chi connectivity index (χ0) is 26.2. The summed E-state index contributed by atoms with van der Waals surface area (Å²) in [6.07, 6.45) is -4.26. The minimum atomic E-state index is -4.60. The predicted molar refractivity (Wildman–Crippen MR) is 125 cm³/mol. The van der Waals surface area contributed by atoms with E-state index in [0.717, 1.165) is 5.39 Å². The van der Waals surface area contributed by atoms with Gasteiger partial charge >= 0.3 is 12.3 Å². The van der Waals surface area contributed by atoms with Crippen molar-refractivity contribution in [1.82, 2.24) is 29.8 Å². The lowest BCUT2D eigenvalue weighted by Crippen LogP contribution is -2.40. The van der Waals surface area contributed by atoms with Crippen LogP contribution in [-0.2, 0) is 0 Å². The van der Waals surface area contributed by atoms with E-state index in [1.54, 1.807) is 24.3 Å². The molecule has 1 aliphatic rings. The molecule has 13 heteroatoms. The Labute approximate surface area is 207 Å². The third kappa shape index (κ3) is 4.83. The van der Waals surface area contributed by atoms with E-state index in [1.165, 1.54) is 27.6 Å². The summed E-state index contributed by atoms with van der Waals surface area (Å²) in [5, 5.41) is 29.0. The molecule has 0 spiro atoms. The van der Waals surface area contributed by atoms with Crippen LogP contribution < -0.4 is 10.1 Å². The molecule has 0 saturated carbocycles. The van der Waals surface area contributed by atoms with Gasteiger partial charge in [0.25, 0.3) is 0 Å². The van der Waals surface area contributed by atoms with E-state index < -0.39 is 24.4 Å². The van der Waals surface area contributed by atoms with E-state index in [2.05, 4.69) is 20.5 Å². The molecule has 3 aromatic heterocycles. The molecule has 0 bridgehead atoms. The number of benzene rings is 1. The number of fused-ring (bicyclic) bond motifs is 2. The second-order valence-electron chi connectivity index (χ2n) is 8.56. The van der Waals surface area contributed by atoms with Crippen LogP contribution in [-0.4, -0.2) is 67.6 Å². The maximum Gasteiger partial charge on any atom is 0.408 e. The number of ether oxygens (including phenoxy) is 1. The quantitative estimate of drug-likeness (QED) is 0.400. The van der Waals surface area contributed by atoms with Gasteiger partial charge in [-0.25, -0.2) is 9.78 Å². The minimum Gasteiger partial charge on any atom is -0.476 e. The van der Waals surface area contributed by atoms with Crippen LogP contribution in [0.25, 0.3) is 28.1 Å². The van der Waals surface area contributed by atoms with Crippen LogP contribution in [0.3, 0.4) is 0 Å². The van der Waals surface area contributed by atoms with Crippen molar-refractivity contribution in [3.63, 3.8) is 0 Å². The van der Waals surface area contributed by atoms with Crippen molar-refractivity contribution in [2.24, 2.45) is 0 Å². The summed E-state index contributed by atoms with van der Waals surface area (Å²) in [4.78, 5) is 16.8. The highest BCUT2D eigenvalue weighted by Gasteiger charge is 2.47. The normalized spacial score (nSPS) is 17.1. The van der Waals surface area contributed by atoms with Crippen molar-refractivity contribution in [3.8, 4) is 23.3 Å². The first-order valence-corrected chi connectivity index (χ1v) is 11.3. The average Bonchev–Trinajstić information content (AvgIpc) is 3.48. The van der Waals surface area contributed by atoms with Crippen LogP contribution >= 0.6 is 0 Å². The Balaban J connectivity index is 1.54. The fraction of sp³-hybridized carbons (Fsp3) is 0.292. The molecule has 2 N–H and O–H groups in total. The van der Waals surface area contributed by atoms with Gasteiger partial charge in [0.15, 0.2) is 18.1 Å². The molecule has 190 valence electrons. The van der Waals surface area contributed by atoms with Gasteiger partial charge < -0.3 is 15.2 Å². The van der Waals surface area contributed by atoms with Crippen molar-refractivity contribution >= 4 is 22.6 Å². The maximum atomic E-state index is 14.2. The van der Waals surface area contributed by atoms with E-state index in [-0.39, 0.29) is 37.5 Å². The molecule has 1 aromatic carbocycles. The van der Waals surface area contributed by atoms with E-state index in [4.69, 9.17) is 15.1 Å². The van der Waals surface area contributed by atoms with Crippen molar-refractivity contribution in [2.45, 2.75) is 24.7 Å². The Bertz CT molecular complexity index is 1520. The van der Waals surface area contributed by atoms with Gasteiger partial charge in [0.1, 0.15) is 29.1 Å². The first-order valence-electron chi connectivity index (χ1n) is 11.3. The largest absolute Gasteiger partial charge is 0.476 e. The van der Waals surface area contributed by atoms with Crippen LogP contribution in [0.15, 0.2) is 48.7 Å². The number of rotatable bonds is 6. The molecule has 4 heterocycles. The molecule has 1 aliphatic heterocycles. The number of alkyl halides is 3. The van der Waals surface area contributed by atoms with Gasteiger partial charge in [-0.1, -0.05) is 24.3 Å². The number of hydrogen-bond donors (Lipinski definition) is 2. The number of carbonyl (C=O) groups is 1. The number of hydrogen-bond acceptors (Lipinski definition) is 7. The van der Waals surface area contributed by atoms with Gasteiger partial charge in [0, 0.05) is 30.7 Å². The first-order chi connectivity index (χ1) is 17.7. The highest BCUT2D eigenvalue weighted by Crippen LogP contribution is 2.40. The highest BCUT2D eigenvalue weighted by molar-refractivity contribution is 5.86. The van der Waals surface area contributed by atoms with Gasteiger partial charge in [-0.05, 0) is 30.2 Å². The average molecular weight is 511 g/mol. The number of halogens is 3. The Hall–Kier alpha value is -4.44. The van der Waals surface area contributed by atoms with Gasteiger partial charge in [0.05, 0.1) is 0 Å². The summed E-state index contributed by atoms with van der Waals surface area (Å²) < 4.78 is 49.7. The van der Waals surface area contributed by atoms with E-state index in [9.17, 15) is 18.0 Å². The second kappa shape index (κ2) is 9.55. The summed E-state index contributed by atoms with van der Waals surface area (Å²) in [5.41, 5.74) is 1.14. The molecule has 2 atom stereocenters. The number of carboxylic acid groups (broad SMARTS) is 1. The first kappa shape index (κ1) is 24.3. The third-order valence-electron chi connectivity index (χ3n) is 6.17. The molecule has 1 amide bonds. The SMILES string of the molecule is N#CCOc1cccc2ccc(-c3nnc4ccc([C@@H](N5CCC(NC(=O)O)C5)C(F)(F)F)cn34)nc12. The summed E-state index contributed by atoms with van der Waals surface area (Å²) in [6.45, 7) is -0.151. The molecule has 5 rings (SSSR count). The third-order valence-corrected chi connectivity index (χ3v) is 6.17. The lowest BCUT2D eigenvalue weighted by atomic mass is 10.1. The number of para-hydroxylation sites is 1. The van der Waals surface area contributed by atoms with Gasteiger partial charge in [-0.2, -0.15) is 18.4 Å². The Kier molecular flexibility index (Phi) is 6.26. The van der Waals surface area contributed by atoms with Crippen molar-refractivity contribution in [2.75, 3.05) is 19.7 Å². The van der Waals surface area contributed by atoms with Crippen LogP contribution in [0.1, 0.15) is 18.0 Å². The monoisotopic (exact) mass is 511 g/mol. The number of aromatic nitrogens is 4. The molecule has 1 fully saturated rings. The number of likely N-dealkylation sites (tertiary alicyclic amines) is 1. The van der Waals surface area contributed by atoms with Gasteiger partial charge in [-0.3, -0.25) is 9.30 Å². The fourth-order valence-corrected chi connectivity index (χ4v) is 4.64. The molecule has 10 nitrogen and oxygen atoms in total. The van der Waals surface area contributed by atoms with Crippen LogP contribution in [0, 0.1) is 11.3 Å². The van der Waals surface area contributed by atoms with Crippen molar-refractivity contribution in [3.05, 3.63) is 54.2 Å². The summed E-state index contributed by atoms with van der Waals surface area (Å²) in [6, 6.07) is 10.9. The highest BCUT2D eigenvalue weighted by atomic mass is 19.4. The lowest BCUT2D eigenvalue weighted by Gasteiger charge is -2.30. The fourth-order valence-electron chi connectivity index (χ4n) is 4.64. The number of amides is 1. The lowest BCUT2D eigenvalue weighted by molar-refractivity contribution is -0.184.